The Labute approximate surface area is 160 Å². The molecule has 0 aliphatic rings. The number of nitrogens with zero attached hydrogens (tertiary/aromatic N) is 1. The van der Waals surface area contributed by atoms with Crippen molar-refractivity contribution in [2.24, 2.45) is 11.1 Å². The number of primary amides is 1. The van der Waals surface area contributed by atoms with Crippen molar-refractivity contribution in [1.29, 1.82) is 0 Å². The molecule has 0 bridgehead atoms. The van der Waals surface area contributed by atoms with E-state index in [2.05, 4.69) is 4.57 Å². The number of Topliss-reactive ketones (excluding diaryl/α,β-unsaturated/α-hetero) is 1. The summed E-state index contributed by atoms with van der Waals surface area (Å²) in [5, 5.41) is 0.926. The van der Waals surface area contributed by atoms with Crippen LogP contribution in [0.15, 0.2) is 54.6 Å². The molecule has 2 N–H and O–H groups in total. The van der Waals surface area contributed by atoms with Gasteiger partial charge in [0.05, 0.1) is 16.7 Å². The number of hydrogen-bond acceptors (Lipinski definition) is 2. The van der Waals surface area contributed by atoms with Crippen molar-refractivity contribution in [2.75, 3.05) is 0 Å². The van der Waals surface area contributed by atoms with E-state index in [0.29, 0.717) is 13.0 Å². The highest BCUT2D eigenvalue weighted by Gasteiger charge is 2.30. The number of rotatable bonds is 7. The summed E-state index contributed by atoms with van der Waals surface area (Å²) in [6.07, 6.45) is 1.28. The van der Waals surface area contributed by atoms with Gasteiger partial charge in [-0.2, -0.15) is 0 Å². The van der Waals surface area contributed by atoms with E-state index in [0.717, 1.165) is 34.1 Å². The smallest absolute Gasteiger partial charge is 0.224 e. The second kappa shape index (κ2) is 7.39. The SMILES string of the molecule is CCCC(=O)c1c(-c2ccccc2)n(CC(C)(C)C(N)=O)c2ccccc12. The normalized spacial score (nSPS) is 11.7. The summed E-state index contributed by atoms with van der Waals surface area (Å²) in [7, 11) is 0. The van der Waals surface area contributed by atoms with Crippen molar-refractivity contribution >= 4 is 22.6 Å². The molecule has 1 heterocycles. The highest BCUT2D eigenvalue weighted by Crippen LogP contribution is 2.37. The summed E-state index contributed by atoms with van der Waals surface area (Å²) in [6.45, 7) is 6.10. The maximum atomic E-state index is 13.1. The molecule has 0 unspecified atom stereocenters. The van der Waals surface area contributed by atoms with E-state index in [1.165, 1.54) is 0 Å². The largest absolute Gasteiger partial charge is 0.369 e. The van der Waals surface area contributed by atoms with Crippen LogP contribution in [0.2, 0.25) is 0 Å². The zero-order valence-electron chi connectivity index (χ0n) is 16.2. The Kier molecular flexibility index (Phi) is 5.17. The summed E-state index contributed by atoms with van der Waals surface area (Å²) >= 11 is 0. The second-order valence-electron chi connectivity index (χ2n) is 7.61. The molecular weight excluding hydrogens is 336 g/mol. The van der Waals surface area contributed by atoms with Crippen molar-refractivity contribution in [3.05, 3.63) is 60.2 Å². The molecule has 0 spiro atoms. The topological polar surface area (TPSA) is 65.1 Å². The standard InChI is InChI=1S/C23H26N2O2/c1-4-10-19(26)20-17-13-8-9-14-18(17)25(15-23(2,3)22(24)27)21(20)16-11-6-5-7-12-16/h5-9,11-14H,4,10,15H2,1-3H3,(H2,24,27). The number of para-hydroxylation sites is 1. The van der Waals surface area contributed by atoms with Crippen LogP contribution in [0.1, 0.15) is 44.0 Å². The lowest BCUT2D eigenvalue weighted by Crippen LogP contribution is -2.35. The molecule has 0 aliphatic heterocycles. The van der Waals surface area contributed by atoms with Gasteiger partial charge < -0.3 is 10.3 Å². The number of carbonyl (C=O) groups is 2. The van der Waals surface area contributed by atoms with E-state index >= 15 is 0 Å². The van der Waals surface area contributed by atoms with Crippen LogP contribution < -0.4 is 5.73 Å². The number of nitrogens with two attached hydrogens (primary N) is 1. The fraction of sp³-hybridized carbons (Fsp3) is 0.304. The molecule has 4 nitrogen and oxygen atoms in total. The van der Waals surface area contributed by atoms with Gasteiger partial charge in [-0.25, -0.2) is 0 Å². The van der Waals surface area contributed by atoms with E-state index in [-0.39, 0.29) is 11.7 Å². The summed E-state index contributed by atoms with van der Waals surface area (Å²) in [6, 6.07) is 17.8. The highest BCUT2D eigenvalue weighted by atomic mass is 16.1. The lowest BCUT2D eigenvalue weighted by Gasteiger charge is -2.24. The van der Waals surface area contributed by atoms with Gasteiger partial charge in [0.15, 0.2) is 5.78 Å². The Hall–Kier alpha value is -2.88. The van der Waals surface area contributed by atoms with Gasteiger partial charge in [-0.1, -0.05) is 55.5 Å². The Bertz CT molecular complexity index is 984. The van der Waals surface area contributed by atoms with E-state index in [4.69, 9.17) is 5.73 Å². The van der Waals surface area contributed by atoms with Crippen molar-refractivity contribution in [3.63, 3.8) is 0 Å². The summed E-state index contributed by atoms with van der Waals surface area (Å²) < 4.78 is 2.08. The van der Waals surface area contributed by atoms with E-state index in [9.17, 15) is 9.59 Å². The first-order chi connectivity index (χ1) is 12.9. The Morgan fingerprint density at radius 1 is 1.00 bits per heavy atom. The fourth-order valence-electron chi connectivity index (χ4n) is 3.47. The van der Waals surface area contributed by atoms with Crippen LogP contribution in [0.3, 0.4) is 0 Å². The molecule has 140 valence electrons. The minimum atomic E-state index is -0.740. The number of aromatic nitrogens is 1. The van der Waals surface area contributed by atoms with Gasteiger partial charge in [-0.15, -0.1) is 0 Å². The molecule has 27 heavy (non-hydrogen) atoms. The van der Waals surface area contributed by atoms with Gasteiger partial charge >= 0.3 is 0 Å². The van der Waals surface area contributed by atoms with E-state index in [1.54, 1.807) is 0 Å². The maximum absolute atomic E-state index is 13.1. The first-order valence-electron chi connectivity index (χ1n) is 9.36. The monoisotopic (exact) mass is 362 g/mol. The molecule has 0 saturated heterocycles. The Balaban J connectivity index is 2.36. The number of benzene rings is 2. The minimum absolute atomic E-state index is 0.128. The molecule has 3 rings (SSSR count). The van der Waals surface area contributed by atoms with Crippen LogP contribution in [0.4, 0.5) is 0 Å². The Morgan fingerprint density at radius 3 is 2.26 bits per heavy atom. The number of fused-ring (bicyclic) bond motifs is 1. The molecule has 2 aromatic carbocycles. The van der Waals surface area contributed by atoms with Crippen molar-refractivity contribution in [2.45, 2.75) is 40.2 Å². The molecule has 0 fully saturated rings. The molecule has 0 saturated carbocycles. The molecule has 1 amide bonds. The predicted molar refractivity (Wildman–Crippen MR) is 110 cm³/mol. The molecule has 3 aromatic rings. The predicted octanol–water partition coefficient (Wildman–Crippen LogP) is 4.80. The highest BCUT2D eigenvalue weighted by molar-refractivity contribution is 6.13. The second-order valence-corrected chi connectivity index (χ2v) is 7.61. The van der Waals surface area contributed by atoms with Gasteiger partial charge in [0.2, 0.25) is 5.91 Å². The van der Waals surface area contributed by atoms with Crippen LogP contribution in [0.25, 0.3) is 22.2 Å². The Morgan fingerprint density at radius 2 is 1.63 bits per heavy atom. The third kappa shape index (κ3) is 3.52. The first-order valence-corrected chi connectivity index (χ1v) is 9.36. The molecular formula is C23H26N2O2. The van der Waals surface area contributed by atoms with Gasteiger partial charge in [0, 0.05) is 23.9 Å². The zero-order valence-corrected chi connectivity index (χ0v) is 16.2. The average molecular weight is 362 g/mol. The third-order valence-electron chi connectivity index (χ3n) is 4.99. The first kappa shape index (κ1) is 18.9. The van der Waals surface area contributed by atoms with Crippen molar-refractivity contribution < 1.29 is 9.59 Å². The third-order valence-corrected chi connectivity index (χ3v) is 4.99. The number of hydrogen-bond donors (Lipinski definition) is 1. The molecule has 0 atom stereocenters. The summed E-state index contributed by atoms with van der Waals surface area (Å²) in [5.41, 5.74) is 8.42. The molecule has 0 radical (unpaired) electrons. The van der Waals surface area contributed by atoms with Gasteiger partial charge in [0.1, 0.15) is 0 Å². The molecule has 0 aliphatic carbocycles. The maximum Gasteiger partial charge on any atom is 0.224 e. The minimum Gasteiger partial charge on any atom is -0.369 e. The van der Waals surface area contributed by atoms with Gasteiger partial charge in [0.25, 0.3) is 0 Å². The van der Waals surface area contributed by atoms with Crippen LogP contribution in [-0.2, 0) is 11.3 Å². The lowest BCUT2D eigenvalue weighted by atomic mass is 9.92. The average Bonchev–Trinajstić information content (AvgIpc) is 2.96. The van der Waals surface area contributed by atoms with Crippen molar-refractivity contribution in [1.82, 2.24) is 4.57 Å². The number of carbonyl (C=O) groups excluding carboxylic acids is 2. The number of ketones is 1. The van der Waals surface area contributed by atoms with E-state index in [1.807, 2.05) is 75.4 Å². The van der Waals surface area contributed by atoms with Crippen molar-refractivity contribution in [3.8, 4) is 11.3 Å². The summed E-state index contributed by atoms with van der Waals surface area (Å²) in [5.74, 6) is -0.232. The van der Waals surface area contributed by atoms with Gasteiger partial charge in [-0.05, 0) is 31.9 Å². The number of amides is 1. The lowest BCUT2D eigenvalue weighted by molar-refractivity contribution is -0.126. The summed E-state index contributed by atoms with van der Waals surface area (Å²) in [4.78, 5) is 25.1. The van der Waals surface area contributed by atoms with Gasteiger partial charge in [-0.3, -0.25) is 9.59 Å². The van der Waals surface area contributed by atoms with Crippen LogP contribution >= 0.6 is 0 Å². The van der Waals surface area contributed by atoms with E-state index < -0.39 is 5.41 Å². The molecule has 1 aromatic heterocycles. The fourth-order valence-corrected chi connectivity index (χ4v) is 3.47. The molecule has 4 heteroatoms. The quantitative estimate of drug-likeness (QED) is 0.613. The van der Waals surface area contributed by atoms with Crippen LogP contribution in [0.5, 0.6) is 0 Å². The van der Waals surface area contributed by atoms with Crippen LogP contribution in [-0.4, -0.2) is 16.3 Å². The zero-order chi connectivity index (χ0) is 19.6. The van der Waals surface area contributed by atoms with Crippen LogP contribution in [0, 0.1) is 5.41 Å².